The number of hydrogen-bond donors (Lipinski definition) is 3. The van der Waals surface area contributed by atoms with Crippen LogP contribution < -0.4 is 5.32 Å². The minimum Gasteiger partial charge on any atom is -0.478 e. The zero-order valence-electron chi connectivity index (χ0n) is 13.8. The fraction of sp³-hybridized carbons (Fsp3) is 0.111. The van der Waals surface area contributed by atoms with E-state index in [1.807, 2.05) is 25.3 Å². The van der Waals surface area contributed by atoms with E-state index in [2.05, 4.69) is 10.3 Å². The summed E-state index contributed by atoms with van der Waals surface area (Å²) in [6.45, 7) is 1.94. The zero-order chi connectivity index (χ0) is 18.8. The molecule has 0 saturated carbocycles. The molecule has 132 valence electrons. The van der Waals surface area contributed by atoms with Gasteiger partial charge in [0.2, 0.25) is 5.91 Å². The average molecular weight is 353 g/mol. The van der Waals surface area contributed by atoms with Crippen molar-refractivity contribution in [2.75, 3.05) is 5.32 Å². The number of carboxylic acids is 2. The Hall–Kier alpha value is -3.68. The third-order valence-electron chi connectivity index (χ3n) is 3.72. The van der Waals surface area contributed by atoms with E-state index in [9.17, 15) is 14.4 Å². The van der Waals surface area contributed by atoms with Crippen LogP contribution in [0.5, 0.6) is 0 Å². The summed E-state index contributed by atoms with van der Waals surface area (Å²) in [7, 11) is 0. The van der Waals surface area contributed by atoms with E-state index >= 15 is 0 Å². The molecule has 26 heavy (non-hydrogen) atoms. The molecule has 0 bridgehead atoms. The van der Waals surface area contributed by atoms with Crippen molar-refractivity contribution in [3.63, 3.8) is 0 Å². The second kappa shape index (κ2) is 6.67. The van der Waals surface area contributed by atoms with E-state index < -0.39 is 17.8 Å². The fourth-order valence-corrected chi connectivity index (χ4v) is 2.54. The van der Waals surface area contributed by atoms with Crippen molar-refractivity contribution in [1.82, 2.24) is 9.38 Å². The lowest BCUT2D eigenvalue weighted by molar-refractivity contribution is -0.115. The normalized spacial score (nSPS) is 10.7. The lowest BCUT2D eigenvalue weighted by Crippen LogP contribution is -2.16. The number of nitrogens with zero attached hydrogens (tertiary/aromatic N) is 2. The van der Waals surface area contributed by atoms with Gasteiger partial charge in [-0.25, -0.2) is 14.6 Å². The molecule has 0 aliphatic rings. The number of amides is 1. The highest BCUT2D eigenvalue weighted by molar-refractivity contribution is 5.98. The molecule has 0 fully saturated rings. The van der Waals surface area contributed by atoms with Crippen molar-refractivity contribution in [2.45, 2.75) is 13.3 Å². The highest BCUT2D eigenvalue weighted by atomic mass is 16.4. The predicted molar refractivity (Wildman–Crippen MR) is 92.6 cm³/mol. The Kier molecular flexibility index (Phi) is 4.40. The van der Waals surface area contributed by atoms with Crippen molar-refractivity contribution in [2.24, 2.45) is 0 Å². The molecule has 0 atom stereocenters. The Morgan fingerprint density at radius 2 is 1.73 bits per heavy atom. The molecule has 0 spiro atoms. The van der Waals surface area contributed by atoms with E-state index in [4.69, 9.17) is 10.2 Å². The van der Waals surface area contributed by atoms with Gasteiger partial charge in [0, 0.05) is 18.1 Å². The second-order valence-corrected chi connectivity index (χ2v) is 5.84. The molecule has 8 nitrogen and oxygen atoms in total. The van der Waals surface area contributed by atoms with Gasteiger partial charge in [-0.3, -0.25) is 4.79 Å². The summed E-state index contributed by atoms with van der Waals surface area (Å²) in [5, 5.41) is 20.7. The number of pyridine rings is 1. The topological polar surface area (TPSA) is 121 Å². The smallest absolute Gasteiger partial charge is 0.335 e. The number of nitrogens with one attached hydrogen (secondary N) is 1. The maximum atomic E-state index is 12.2. The lowest BCUT2D eigenvalue weighted by atomic mass is 10.1. The molecular weight excluding hydrogens is 338 g/mol. The van der Waals surface area contributed by atoms with Gasteiger partial charge in [-0.2, -0.15) is 0 Å². The number of carbonyl (C=O) groups is 3. The minimum absolute atomic E-state index is 0.0273. The molecule has 2 aromatic heterocycles. The summed E-state index contributed by atoms with van der Waals surface area (Å²) in [6.07, 6.45) is 3.54. The van der Waals surface area contributed by atoms with Gasteiger partial charge in [-0.15, -0.1) is 0 Å². The first-order chi connectivity index (χ1) is 12.3. The third kappa shape index (κ3) is 3.69. The summed E-state index contributed by atoms with van der Waals surface area (Å²) < 4.78 is 1.79. The summed E-state index contributed by atoms with van der Waals surface area (Å²) in [6, 6.07) is 7.25. The molecule has 3 rings (SSSR count). The van der Waals surface area contributed by atoms with Gasteiger partial charge < -0.3 is 19.9 Å². The number of aromatic nitrogens is 2. The molecule has 1 aromatic carbocycles. The molecule has 8 heteroatoms. The van der Waals surface area contributed by atoms with Gasteiger partial charge in [0.25, 0.3) is 0 Å². The van der Waals surface area contributed by atoms with Gasteiger partial charge in [0.15, 0.2) is 0 Å². The monoisotopic (exact) mass is 353 g/mol. The van der Waals surface area contributed by atoms with E-state index in [1.54, 1.807) is 10.6 Å². The molecule has 2 heterocycles. The molecule has 0 aliphatic carbocycles. The Labute approximate surface area is 147 Å². The number of anilines is 1. The Balaban J connectivity index is 1.80. The van der Waals surface area contributed by atoms with Crippen LogP contribution in [0.15, 0.2) is 42.7 Å². The van der Waals surface area contributed by atoms with Crippen LogP contribution in [0.4, 0.5) is 5.69 Å². The van der Waals surface area contributed by atoms with Crippen molar-refractivity contribution < 1.29 is 24.6 Å². The van der Waals surface area contributed by atoms with Crippen LogP contribution in [0.3, 0.4) is 0 Å². The number of aryl methyl sites for hydroxylation is 1. The lowest BCUT2D eigenvalue weighted by Gasteiger charge is -2.07. The van der Waals surface area contributed by atoms with E-state index in [0.717, 1.165) is 11.6 Å². The van der Waals surface area contributed by atoms with E-state index in [-0.39, 0.29) is 23.2 Å². The first kappa shape index (κ1) is 17.2. The molecule has 0 unspecified atom stereocenters. The van der Waals surface area contributed by atoms with Crippen LogP contribution in [0.1, 0.15) is 32.0 Å². The third-order valence-corrected chi connectivity index (χ3v) is 3.72. The standard InChI is InChI=1S/C18H15N3O5/c1-10-2-3-21-9-14(19-15(21)4-10)8-16(22)20-13-6-11(17(23)24)5-12(7-13)18(25)26/h2-7,9H,8H2,1H3,(H,20,22)(H,23,24)(H,25,26). The molecule has 1 amide bonds. The van der Waals surface area contributed by atoms with Gasteiger partial charge in [0.05, 0.1) is 23.2 Å². The van der Waals surface area contributed by atoms with Crippen LogP contribution in [0.2, 0.25) is 0 Å². The minimum atomic E-state index is -1.28. The van der Waals surface area contributed by atoms with E-state index in [0.29, 0.717) is 11.3 Å². The summed E-state index contributed by atoms with van der Waals surface area (Å²) >= 11 is 0. The number of fused-ring (bicyclic) bond motifs is 1. The first-order valence-corrected chi connectivity index (χ1v) is 7.67. The van der Waals surface area contributed by atoms with Crippen LogP contribution in [0, 0.1) is 6.92 Å². The quantitative estimate of drug-likeness (QED) is 0.647. The Morgan fingerprint density at radius 1 is 1.08 bits per heavy atom. The zero-order valence-corrected chi connectivity index (χ0v) is 13.8. The predicted octanol–water partition coefficient (Wildman–Crippen LogP) is 2.22. The largest absolute Gasteiger partial charge is 0.478 e. The summed E-state index contributed by atoms with van der Waals surface area (Å²) in [5.41, 5.74) is 1.97. The van der Waals surface area contributed by atoms with Crippen molar-refractivity contribution >= 4 is 29.2 Å². The second-order valence-electron chi connectivity index (χ2n) is 5.84. The van der Waals surface area contributed by atoms with Crippen LogP contribution in [-0.4, -0.2) is 37.4 Å². The van der Waals surface area contributed by atoms with Crippen molar-refractivity contribution in [3.8, 4) is 0 Å². The number of imidazole rings is 1. The van der Waals surface area contributed by atoms with Gasteiger partial charge in [0.1, 0.15) is 5.65 Å². The van der Waals surface area contributed by atoms with Gasteiger partial charge >= 0.3 is 11.9 Å². The number of carboxylic acid groups (broad SMARTS) is 2. The average Bonchev–Trinajstić information content (AvgIpc) is 2.95. The van der Waals surface area contributed by atoms with Crippen LogP contribution in [0.25, 0.3) is 5.65 Å². The molecular formula is C18H15N3O5. The maximum Gasteiger partial charge on any atom is 0.335 e. The van der Waals surface area contributed by atoms with E-state index in [1.165, 1.54) is 12.1 Å². The molecule has 0 radical (unpaired) electrons. The molecule has 3 N–H and O–H groups in total. The van der Waals surface area contributed by atoms with Crippen molar-refractivity contribution in [1.29, 1.82) is 0 Å². The molecule has 0 saturated heterocycles. The molecule has 3 aromatic rings. The maximum absolute atomic E-state index is 12.2. The molecule has 0 aliphatic heterocycles. The first-order valence-electron chi connectivity index (χ1n) is 7.67. The highest BCUT2D eigenvalue weighted by Crippen LogP contribution is 2.16. The SMILES string of the molecule is Cc1ccn2cc(CC(=O)Nc3cc(C(=O)O)cc(C(=O)O)c3)nc2c1. The van der Waals surface area contributed by atoms with Crippen LogP contribution >= 0.6 is 0 Å². The summed E-state index contributed by atoms with van der Waals surface area (Å²) in [4.78, 5) is 38.8. The summed E-state index contributed by atoms with van der Waals surface area (Å²) in [5.74, 6) is -2.98. The van der Waals surface area contributed by atoms with Crippen molar-refractivity contribution in [3.05, 3.63) is 65.1 Å². The number of carbonyl (C=O) groups excluding carboxylic acids is 1. The fourth-order valence-electron chi connectivity index (χ4n) is 2.54. The number of rotatable bonds is 5. The Morgan fingerprint density at radius 3 is 2.35 bits per heavy atom. The number of benzene rings is 1. The van der Waals surface area contributed by atoms with Crippen LogP contribution in [-0.2, 0) is 11.2 Å². The highest BCUT2D eigenvalue weighted by Gasteiger charge is 2.14. The number of aromatic carboxylic acids is 2. The Bertz CT molecular complexity index is 1010. The number of hydrogen-bond acceptors (Lipinski definition) is 4. The van der Waals surface area contributed by atoms with Gasteiger partial charge in [-0.1, -0.05) is 0 Å². The van der Waals surface area contributed by atoms with Gasteiger partial charge in [-0.05, 0) is 42.8 Å².